The van der Waals surface area contributed by atoms with Crippen molar-refractivity contribution in [2.24, 2.45) is 7.05 Å². The van der Waals surface area contributed by atoms with E-state index in [-0.39, 0.29) is 5.56 Å². The summed E-state index contributed by atoms with van der Waals surface area (Å²) in [6.45, 7) is 0. The summed E-state index contributed by atoms with van der Waals surface area (Å²) in [5.41, 5.74) is 1.48. The Labute approximate surface area is 106 Å². The standard InChI is InChI=1S/C11H10BrN3O2/c1-15-6-7(5-13-15)14-9-4-2-3-8(12)10(9)11(16)17/h2-6,14H,1H3,(H,16,17). The van der Waals surface area contributed by atoms with Crippen LogP contribution >= 0.6 is 15.9 Å². The van der Waals surface area contributed by atoms with E-state index in [2.05, 4.69) is 26.3 Å². The Bertz CT molecular complexity index is 566. The number of nitrogens with one attached hydrogen (secondary N) is 1. The fourth-order valence-electron chi connectivity index (χ4n) is 1.49. The van der Waals surface area contributed by atoms with Crippen molar-refractivity contribution >= 4 is 33.3 Å². The Morgan fingerprint density at radius 2 is 2.29 bits per heavy atom. The molecule has 0 amide bonds. The lowest BCUT2D eigenvalue weighted by Gasteiger charge is -2.08. The van der Waals surface area contributed by atoms with Crippen molar-refractivity contribution in [3.8, 4) is 0 Å². The maximum Gasteiger partial charge on any atom is 0.338 e. The predicted molar refractivity (Wildman–Crippen MR) is 67.6 cm³/mol. The van der Waals surface area contributed by atoms with Gasteiger partial charge in [-0.15, -0.1) is 0 Å². The highest BCUT2D eigenvalue weighted by Gasteiger charge is 2.14. The number of rotatable bonds is 3. The van der Waals surface area contributed by atoms with Gasteiger partial charge in [0.15, 0.2) is 0 Å². The Morgan fingerprint density at radius 1 is 1.53 bits per heavy atom. The summed E-state index contributed by atoms with van der Waals surface area (Å²) < 4.78 is 2.18. The second-order valence-electron chi connectivity index (χ2n) is 3.50. The van der Waals surface area contributed by atoms with Gasteiger partial charge in [-0.2, -0.15) is 5.10 Å². The maximum atomic E-state index is 11.1. The smallest absolute Gasteiger partial charge is 0.338 e. The van der Waals surface area contributed by atoms with Crippen LogP contribution in [0, 0.1) is 0 Å². The molecule has 0 aliphatic heterocycles. The first kappa shape index (κ1) is 11.7. The first-order valence-corrected chi connectivity index (χ1v) is 5.64. The van der Waals surface area contributed by atoms with E-state index in [1.165, 1.54) is 0 Å². The number of carbonyl (C=O) groups is 1. The molecule has 0 saturated carbocycles. The molecular weight excluding hydrogens is 286 g/mol. The van der Waals surface area contributed by atoms with Crippen molar-refractivity contribution in [1.82, 2.24) is 9.78 Å². The van der Waals surface area contributed by atoms with E-state index in [4.69, 9.17) is 5.11 Å². The number of aromatic carboxylic acids is 1. The molecule has 0 aliphatic rings. The molecule has 6 heteroatoms. The van der Waals surface area contributed by atoms with E-state index in [1.54, 1.807) is 42.3 Å². The van der Waals surface area contributed by atoms with Gasteiger partial charge in [-0.25, -0.2) is 4.79 Å². The number of hydrogen-bond acceptors (Lipinski definition) is 3. The second kappa shape index (κ2) is 4.58. The molecule has 0 atom stereocenters. The SMILES string of the molecule is Cn1cc(Nc2cccc(Br)c2C(=O)O)cn1. The number of carboxylic acids is 1. The summed E-state index contributed by atoms with van der Waals surface area (Å²) in [7, 11) is 1.80. The van der Waals surface area contributed by atoms with Crippen molar-refractivity contribution in [1.29, 1.82) is 0 Å². The molecule has 0 spiro atoms. The Morgan fingerprint density at radius 3 is 2.88 bits per heavy atom. The van der Waals surface area contributed by atoms with Crippen LogP contribution in [0.4, 0.5) is 11.4 Å². The van der Waals surface area contributed by atoms with E-state index in [0.717, 1.165) is 5.69 Å². The fraction of sp³-hybridized carbons (Fsp3) is 0.0909. The molecule has 88 valence electrons. The third-order valence-electron chi connectivity index (χ3n) is 2.21. The van der Waals surface area contributed by atoms with Crippen LogP contribution in [-0.4, -0.2) is 20.9 Å². The van der Waals surface area contributed by atoms with Crippen LogP contribution < -0.4 is 5.32 Å². The minimum absolute atomic E-state index is 0.205. The lowest BCUT2D eigenvalue weighted by Crippen LogP contribution is -2.03. The predicted octanol–water partition coefficient (Wildman–Crippen LogP) is 2.62. The van der Waals surface area contributed by atoms with Gasteiger partial charge >= 0.3 is 5.97 Å². The quantitative estimate of drug-likeness (QED) is 0.913. The molecule has 2 N–H and O–H groups in total. The number of halogens is 1. The zero-order valence-electron chi connectivity index (χ0n) is 9.01. The van der Waals surface area contributed by atoms with Crippen LogP contribution in [0.5, 0.6) is 0 Å². The summed E-state index contributed by atoms with van der Waals surface area (Å²) in [6.07, 6.45) is 3.40. The van der Waals surface area contributed by atoms with E-state index in [9.17, 15) is 4.79 Å². The average Bonchev–Trinajstić information content (AvgIpc) is 2.63. The minimum atomic E-state index is -0.983. The maximum absolute atomic E-state index is 11.1. The van der Waals surface area contributed by atoms with Gasteiger partial charge in [-0.05, 0) is 28.1 Å². The molecule has 0 aliphatic carbocycles. The van der Waals surface area contributed by atoms with Crippen LogP contribution in [0.25, 0.3) is 0 Å². The molecule has 0 saturated heterocycles. The first-order chi connectivity index (χ1) is 8.08. The second-order valence-corrected chi connectivity index (χ2v) is 4.35. The number of carboxylic acid groups (broad SMARTS) is 1. The molecule has 1 aromatic carbocycles. The number of aryl methyl sites for hydroxylation is 1. The third-order valence-corrected chi connectivity index (χ3v) is 2.87. The molecular formula is C11H10BrN3O2. The van der Waals surface area contributed by atoms with Crippen LogP contribution in [0.15, 0.2) is 35.1 Å². The highest BCUT2D eigenvalue weighted by atomic mass is 79.9. The Hall–Kier alpha value is -1.82. The molecule has 0 radical (unpaired) electrons. The van der Waals surface area contributed by atoms with Crippen molar-refractivity contribution in [2.75, 3.05) is 5.32 Å². The average molecular weight is 296 g/mol. The van der Waals surface area contributed by atoms with Crippen LogP contribution in [0.1, 0.15) is 10.4 Å². The highest BCUT2D eigenvalue weighted by molar-refractivity contribution is 9.10. The van der Waals surface area contributed by atoms with E-state index >= 15 is 0 Å². The lowest BCUT2D eigenvalue weighted by molar-refractivity contribution is 0.0697. The summed E-state index contributed by atoms with van der Waals surface area (Å²) in [4.78, 5) is 11.1. The summed E-state index contributed by atoms with van der Waals surface area (Å²) in [5, 5.41) is 16.2. The van der Waals surface area contributed by atoms with Crippen LogP contribution in [0.3, 0.4) is 0 Å². The zero-order valence-corrected chi connectivity index (χ0v) is 10.6. The number of anilines is 2. The molecule has 17 heavy (non-hydrogen) atoms. The Balaban J connectivity index is 2.39. The lowest BCUT2D eigenvalue weighted by atomic mass is 10.2. The molecule has 2 rings (SSSR count). The zero-order chi connectivity index (χ0) is 12.4. The first-order valence-electron chi connectivity index (χ1n) is 4.85. The number of hydrogen-bond donors (Lipinski definition) is 2. The monoisotopic (exact) mass is 295 g/mol. The van der Waals surface area contributed by atoms with Gasteiger partial charge in [-0.3, -0.25) is 4.68 Å². The van der Waals surface area contributed by atoms with Crippen LogP contribution in [0.2, 0.25) is 0 Å². The largest absolute Gasteiger partial charge is 0.478 e. The van der Waals surface area contributed by atoms with Gasteiger partial charge in [0, 0.05) is 17.7 Å². The van der Waals surface area contributed by atoms with Gasteiger partial charge in [-0.1, -0.05) is 6.07 Å². The summed E-state index contributed by atoms with van der Waals surface area (Å²) in [5.74, 6) is -0.983. The third kappa shape index (κ3) is 2.47. The molecule has 1 heterocycles. The van der Waals surface area contributed by atoms with Gasteiger partial charge < -0.3 is 10.4 Å². The van der Waals surface area contributed by atoms with E-state index < -0.39 is 5.97 Å². The Kier molecular flexibility index (Phi) is 3.14. The molecule has 0 bridgehead atoms. The van der Waals surface area contributed by atoms with Gasteiger partial charge in [0.1, 0.15) is 0 Å². The van der Waals surface area contributed by atoms with Gasteiger partial charge in [0.25, 0.3) is 0 Å². The van der Waals surface area contributed by atoms with E-state index in [1.807, 2.05) is 0 Å². The van der Waals surface area contributed by atoms with Gasteiger partial charge in [0.2, 0.25) is 0 Å². The minimum Gasteiger partial charge on any atom is -0.478 e. The molecule has 2 aromatic rings. The van der Waals surface area contributed by atoms with Crippen molar-refractivity contribution in [3.05, 3.63) is 40.6 Å². The normalized spacial score (nSPS) is 10.2. The van der Waals surface area contributed by atoms with Gasteiger partial charge in [0.05, 0.1) is 23.1 Å². The molecule has 1 aromatic heterocycles. The van der Waals surface area contributed by atoms with Crippen LogP contribution in [-0.2, 0) is 7.05 Å². The topological polar surface area (TPSA) is 67.2 Å². The number of benzene rings is 1. The molecule has 0 unspecified atom stereocenters. The summed E-state index contributed by atoms with van der Waals surface area (Å²) in [6, 6.07) is 5.17. The fourth-order valence-corrected chi connectivity index (χ4v) is 2.02. The van der Waals surface area contributed by atoms with Crippen molar-refractivity contribution < 1.29 is 9.90 Å². The molecule has 5 nitrogen and oxygen atoms in total. The number of aromatic nitrogens is 2. The van der Waals surface area contributed by atoms with Crippen molar-refractivity contribution in [3.63, 3.8) is 0 Å². The number of nitrogens with zero attached hydrogens (tertiary/aromatic N) is 2. The molecule has 0 fully saturated rings. The van der Waals surface area contributed by atoms with E-state index in [0.29, 0.717) is 10.2 Å². The highest BCUT2D eigenvalue weighted by Crippen LogP contribution is 2.27. The summed E-state index contributed by atoms with van der Waals surface area (Å²) >= 11 is 3.22. The van der Waals surface area contributed by atoms with Crippen molar-refractivity contribution in [2.45, 2.75) is 0 Å².